The summed E-state index contributed by atoms with van der Waals surface area (Å²) in [6, 6.07) is 16.1. The normalized spacial score (nSPS) is 18.5. The van der Waals surface area contributed by atoms with Crippen LogP contribution in [0.2, 0.25) is 0 Å². The van der Waals surface area contributed by atoms with Crippen LogP contribution in [0.15, 0.2) is 48.5 Å². The fourth-order valence-corrected chi connectivity index (χ4v) is 3.00. The maximum Gasteiger partial charge on any atom is 0.124 e. The monoisotopic (exact) mass is 283 g/mol. The van der Waals surface area contributed by atoms with Gasteiger partial charge in [-0.1, -0.05) is 36.4 Å². The predicted octanol–water partition coefficient (Wildman–Crippen LogP) is 3.65. The molecule has 2 atom stereocenters. The quantitative estimate of drug-likeness (QED) is 0.931. The van der Waals surface area contributed by atoms with Crippen molar-refractivity contribution >= 4 is 0 Å². The van der Waals surface area contributed by atoms with Gasteiger partial charge >= 0.3 is 0 Å². The van der Waals surface area contributed by atoms with Crippen LogP contribution in [0.25, 0.3) is 0 Å². The molecule has 3 rings (SSSR count). The van der Waals surface area contributed by atoms with Crippen molar-refractivity contribution in [3.63, 3.8) is 0 Å². The maximum atomic E-state index is 6.58. The highest BCUT2D eigenvalue weighted by Crippen LogP contribution is 2.42. The Morgan fingerprint density at radius 3 is 2.81 bits per heavy atom. The molecule has 3 heteroatoms. The lowest BCUT2D eigenvalue weighted by Crippen LogP contribution is -2.25. The minimum atomic E-state index is -0.0854. The predicted molar refractivity (Wildman–Crippen MR) is 83.8 cm³/mol. The first kappa shape index (κ1) is 14.0. The second-order valence-corrected chi connectivity index (χ2v) is 5.28. The van der Waals surface area contributed by atoms with E-state index < -0.39 is 0 Å². The van der Waals surface area contributed by atoms with E-state index in [1.807, 2.05) is 43.3 Å². The van der Waals surface area contributed by atoms with E-state index in [0.717, 1.165) is 23.5 Å². The van der Waals surface area contributed by atoms with Crippen molar-refractivity contribution in [2.75, 3.05) is 13.2 Å². The van der Waals surface area contributed by atoms with Crippen LogP contribution in [0.4, 0.5) is 0 Å². The van der Waals surface area contributed by atoms with Crippen molar-refractivity contribution in [1.82, 2.24) is 0 Å². The summed E-state index contributed by atoms with van der Waals surface area (Å²) in [5.41, 5.74) is 8.85. The van der Waals surface area contributed by atoms with E-state index in [1.165, 1.54) is 5.56 Å². The molecule has 0 amide bonds. The van der Waals surface area contributed by atoms with Gasteiger partial charge in [0.25, 0.3) is 0 Å². The fraction of sp³-hybridized carbons (Fsp3) is 0.333. The molecule has 0 bridgehead atoms. The molecular weight excluding hydrogens is 262 g/mol. The molecule has 0 radical (unpaired) electrons. The van der Waals surface area contributed by atoms with Gasteiger partial charge in [0.1, 0.15) is 11.5 Å². The van der Waals surface area contributed by atoms with Gasteiger partial charge in [0.15, 0.2) is 0 Å². The van der Waals surface area contributed by atoms with Crippen molar-refractivity contribution in [1.29, 1.82) is 0 Å². The number of hydrogen-bond donors (Lipinski definition) is 1. The van der Waals surface area contributed by atoms with E-state index in [1.54, 1.807) is 0 Å². The lowest BCUT2D eigenvalue weighted by Gasteiger charge is -2.31. The van der Waals surface area contributed by atoms with Crippen LogP contribution in [0, 0.1) is 0 Å². The topological polar surface area (TPSA) is 44.5 Å². The van der Waals surface area contributed by atoms with Gasteiger partial charge in [-0.3, -0.25) is 0 Å². The first-order chi connectivity index (χ1) is 10.3. The molecule has 2 N–H and O–H groups in total. The molecular formula is C18H21NO2. The summed E-state index contributed by atoms with van der Waals surface area (Å²) in [5, 5.41) is 0. The number of ether oxygens (including phenoxy) is 2. The van der Waals surface area contributed by atoms with Gasteiger partial charge in [0.05, 0.1) is 13.2 Å². The van der Waals surface area contributed by atoms with Crippen molar-refractivity contribution in [2.24, 2.45) is 5.73 Å². The van der Waals surface area contributed by atoms with Crippen LogP contribution < -0.4 is 15.2 Å². The minimum absolute atomic E-state index is 0.0854. The number of nitrogens with two attached hydrogens (primary N) is 1. The summed E-state index contributed by atoms with van der Waals surface area (Å²) in [4.78, 5) is 0. The van der Waals surface area contributed by atoms with Crippen LogP contribution in [-0.4, -0.2) is 13.2 Å². The molecule has 0 fully saturated rings. The third kappa shape index (κ3) is 2.74. The molecule has 2 unspecified atom stereocenters. The Morgan fingerprint density at radius 2 is 1.95 bits per heavy atom. The SMILES string of the molecule is CCOc1ccccc1C(N)C1CCOc2ccccc21. The van der Waals surface area contributed by atoms with E-state index >= 15 is 0 Å². The summed E-state index contributed by atoms with van der Waals surface area (Å²) in [7, 11) is 0. The molecule has 1 aliphatic rings. The summed E-state index contributed by atoms with van der Waals surface area (Å²) >= 11 is 0. The van der Waals surface area contributed by atoms with Gasteiger partial charge < -0.3 is 15.2 Å². The Hall–Kier alpha value is -2.00. The second kappa shape index (κ2) is 6.19. The van der Waals surface area contributed by atoms with Crippen LogP contribution >= 0.6 is 0 Å². The Morgan fingerprint density at radius 1 is 1.19 bits per heavy atom. The van der Waals surface area contributed by atoms with Crippen molar-refractivity contribution in [3.8, 4) is 11.5 Å². The van der Waals surface area contributed by atoms with E-state index in [4.69, 9.17) is 15.2 Å². The van der Waals surface area contributed by atoms with E-state index in [2.05, 4.69) is 12.1 Å². The van der Waals surface area contributed by atoms with Gasteiger partial charge in [-0.15, -0.1) is 0 Å². The van der Waals surface area contributed by atoms with E-state index in [-0.39, 0.29) is 12.0 Å². The molecule has 3 nitrogen and oxygen atoms in total. The molecule has 0 saturated heterocycles. The third-order valence-corrected chi connectivity index (χ3v) is 4.02. The first-order valence-electron chi connectivity index (χ1n) is 7.50. The average Bonchev–Trinajstić information content (AvgIpc) is 2.54. The smallest absolute Gasteiger partial charge is 0.124 e. The van der Waals surface area contributed by atoms with Crippen LogP contribution in [0.3, 0.4) is 0 Å². The lowest BCUT2D eigenvalue weighted by molar-refractivity contribution is 0.253. The van der Waals surface area contributed by atoms with E-state index in [9.17, 15) is 0 Å². The van der Waals surface area contributed by atoms with Crippen LogP contribution in [0.5, 0.6) is 11.5 Å². The van der Waals surface area contributed by atoms with Crippen molar-refractivity contribution < 1.29 is 9.47 Å². The number of fused-ring (bicyclic) bond motifs is 1. The number of benzene rings is 2. The fourth-order valence-electron chi connectivity index (χ4n) is 3.00. The summed E-state index contributed by atoms with van der Waals surface area (Å²) in [6.45, 7) is 3.35. The highest BCUT2D eigenvalue weighted by Gasteiger charge is 2.29. The molecule has 0 saturated carbocycles. The van der Waals surface area contributed by atoms with Gasteiger partial charge in [-0.2, -0.15) is 0 Å². The van der Waals surface area contributed by atoms with Crippen molar-refractivity contribution in [3.05, 3.63) is 59.7 Å². The number of hydrogen-bond acceptors (Lipinski definition) is 3. The maximum absolute atomic E-state index is 6.58. The molecule has 0 aliphatic carbocycles. The first-order valence-corrected chi connectivity index (χ1v) is 7.50. The summed E-state index contributed by atoms with van der Waals surface area (Å²) in [5.74, 6) is 2.10. The zero-order chi connectivity index (χ0) is 14.7. The molecule has 0 aromatic heterocycles. The molecule has 110 valence electrons. The highest BCUT2D eigenvalue weighted by molar-refractivity contribution is 5.43. The Labute approximate surface area is 125 Å². The molecule has 1 aliphatic heterocycles. The van der Waals surface area contributed by atoms with E-state index in [0.29, 0.717) is 13.2 Å². The van der Waals surface area contributed by atoms with Gasteiger partial charge in [0.2, 0.25) is 0 Å². The number of rotatable bonds is 4. The zero-order valence-corrected chi connectivity index (χ0v) is 12.3. The Kier molecular flexibility index (Phi) is 4.11. The van der Waals surface area contributed by atoms with Crippen LogP contribution in [0.1, 0.15) is 36.4 Å². The van der Waals surface area contributed by atoms with Gasteiger partial charge in [-0.25, -0.2) is 0 Å². The molecule has 0 spiro atoms. The van der Waals surface area contributed by atoms with Gasteiger partial charge in [0, 0.05) is 17.5 Å². The van der Waals surface area contributed by atoms with Crippen molar-refractivity contribution in [2.45, 2.75) is 25.3 Å². The molecule has 2 aromatic rings. The second-order valence-electron chi connectivity index (χ2n) is 5.28. The average molecular weight is 283 g/mol. The largest absolute Gasteiger partial charge is 0.494 e. The minimum Gasteiger partial charge on any atom is -0.494 e. The highest BCUT2D eigenvalue weighted by atomic mass is 16.5. The summed E-state index contributed by atoms with van der Waals surface area (Å²) < 4.78 is 11.5. The molecule has 1 heterocycles. The zero-order valence-electron chi connectivity index (χ0n) is 12.3. The molecule has 21 heavy (non-hydrogen) atoms. The number of para-hydroxylation sites is 2. The Bertz CT molecular complexity index is 612. The summed E-state index contributed by atoms with van der Waals surface area (Å²) in [6.07, 6.45) is 0.929. The standard InChI is InChI=1S/C18H21NO2/c1-2-20-17-10-6-4-8-15(17)18(19)14-11-12-21-16-9-5-3-7-13(14)16/h3-10,14,18H,2,11-12,19H2,1H3. The van der Waals surface area contributed by atoms with Gasteiger partial charge in [-0.05, 0) is 31.0 Å². The third-order valence-electron chi connectivity index (χ3n) is 4.02. The lowest BCUT2D eigenvalue weighted by atomic mass is 9.83. The Balaban J connectivity index is 1.95. The molecule has 2 aromatic carbocycles. The van der Waals surface area contributed by atoms with Crippen LogP contribution in [-0.2, 0) is 0 Å².